The zero-order valence-electron chi connectivity index (χ0n) is 9.45. The van der Waals surface area contributed by atoms with Gasteiger partial charge in [-0.15, -0.1) is 0 Å². The highest BCUT2D eigenvalue weighted by molar-refractivity contribution is 5.78. The fourth-order valence-corrected chi connectivity index (χ4v) is 1.93. The van der Waals surface area contributed by atoms with E-state index in [-0.39, 0.29) is 18.4 Å². The number of rotatable bonds is 5. The summed E-state index contributed by atoms with van der Waals surface area (Å²) < 4.78 is 5.23. The standard InChI is InChI=1S/C11H21NO3/c1-2-5-12(6-7-13)11(14)10-3-8-15-9-4-10/h10,13H,2-9H2,1H3. The van der Waals surface area contributed by atoms with Gasteiger partial charge in [0.05, 0.1) is 6.61 Å². The third kappa shape index (κ3) is 3.80. The van der Waals surface area contributed by atoms with Crippen LogP contribution in [0, 0.1) is 5.92 Å². The number of aliphatic hydroxyl groups is 1. The van der Waals surface area contributed by atoms with Gasteiger partial charge in [-0.2, -0.15) is 0 Å². The maximum absolute atomic E-state index is 12.0. The number of hydrogen-bond donors (Lipinski definition) is 1. The van der Waals surface area contributed by atoms with Crippen LogP contribution in [0.5, 0.6) is 0 Å². The molecule has 1 rings (SSSR count). The monoisotopic (exact) mass is 215 g/mol. The minimum Gasteiger partial charge on any atom is -0.395 e. The van der Waals surface area contributed by atoms with Gasteiger partial charge in [0.15, 0.2) is 0 Å². The molecular formula is C11H21NO3. The van der Waals surface area contributed by atoms with Crippen LogP contribution in [0.1, 0.15) is 26.2 Å². The number of hydrogen-bond acceptors (Lipinski definition) is 3. The molecular weight excluding hydrogens is 194 g/mol. The molecule has 4 nitrogen and oxygen atoms in total. The number of aliphatic hydroxyl groups excluding tert-OH is 1. The number of amides is 1. The van der Waals surface area contributed by atoms with Gasteiger partial charge >= 0.3 is 0 Å². The van der Waals surface area contributed by atoms with E-state index in [0.717, 1.165) is 25.8 Å². The molecule has 1 N–H and O–H groups in total. The molecule has 0 spiro atoms. The maximum Gasteiger partial charge on any atom is 0.225 e. The molecule has 15 heavy (non-hydrogen) atoms. The minimum absolute atomic E-state index is 0.0506. The fourth-order valence-electron chi connectivity index (χ4n) is 1.93. The van der Waals surface area contributed by atoms with Crippen LogP contribution in [0.15, 0.2) is 0 Å². The molecule has 1 fully saturated rings. The Kier molecular flexibility index (Phi) is 5.65. The topological polar surface area (TPSA) is 49.8 Å². The summed E-state index contributed by atoms with van der Waals surface area (Å²) in [6.07, 6.45) is 2.59. The number of carbonyl (C=O) groups excluding carboxylic acids is 1. The molecule has 1 aliphatic heterocycles. The van der Waals surface area contributed by atoms with Crippen molar-refractivity contribution in [2.24, 2.45) is 5.92 Å². The van der Waals surface area contributed by atoms with E-state index in [2.05, 4.69) is 0 Å². The molecule has 0 aromatic heterocycles. The lowest BCUT2D eigenvalue weighted by molar-refractivity contribution is -0.139. The van der Waals surface area contributed by atoms with Crippen LogP contribution in [0.2, 0.25) is 0 Å². The summed E-state index contributed by atoms with van der Waals surface area (Å²) >= 11 is 0. The van der Waals surface area contributed by atoms with Crippen molar-refractivity contribution in [1.29, 1.82) is 0 Å². The molecule has 4 heteroatoms. The number of ether oxygens (including phenoxy) is 1. The highest BCUT2D eigenvalue weighted by Crippen LogP contribution is 2.17. The first-order valence-corrected chi connectivity index (χ1v) is 5.77. The van der Waals surface area contributed by atoms with Gasteiger partial charge in [-0.1, -0.05) is 6.92 Å². The Labute approximate surface area is 91.2 Å². The Balaban J connectivity index is 2.45. The Morgan fingerprint density at radius 2 is 2.07 bits per heavy atom. The first-order chi connectivity index (χ1) is 7.29. The summed E-state index contributed by atoms with van der Waals surface area (Å²) in [6, 6.07) is 0. The Morgan fingerprint density at radius 3 is 2.60 bits per heavy atom. The van der Waals surface area contributed by atoms with Crippen molar-refractivity contribution >= 4 is 5.91 Å². The van der Waals surface area contributed by atoms with Gasteiger partial charge in [0, 0.05) is 32.2 Å². The molecule has 0 unspecified atom stereocenters. The van der Waals surface area contributed by atoms with Crippen molar-refractivity contribution in [2.45, 2.75) is 26.2 Å². The molecule has 1 saturated heterocycles. The average molecular weight is 215 g/mol. The van der Waals surface area contributed by atoms with Gasteiger partial charge in [0.25, 0.3) is 0 Å². The molecule has 1 heterocycles. The Morgan fingerprint density at radius 1 is 1.40 bits per heavy atom. The quantitative estimate of drug-likeness (QED) is 0.732. The fraction of sp³-hybridized carbons (Fsp3) is 0.909. The van der Waals surface area contributed by atoms with Crippen LogP contribution < -0.4 is 0 Å². The average Bonchev–Trinajstić information content (AvgIpc) is 2.29. The van der Waals surface area contributed by atoms with Crippen LogP contribution in [0.3, 0.4) is 0 Å². The van der Waals surface area contributed by atoms with Gasteiger partial charge in [0.1, 0.15) is 0 Å². The Bertz CT molecular complexity index is 184. The second-order valence-electron chi connectivity index (χ2n) is 3.94. The van der Waals surface area contributed by atoms with E-state index in [9.17, 15) is 4.79 Å². The lowest BCUT2D eigenvalue weighted by Crippen LogP contribution is -2.40. The highest BCUT2D eigenvalue weighted by atomic mass is 16.5. The SMILES string of the molecule is CCCN(CCO)C(=O)C1CCOCC1. The second-order valence-corrected chi connectivity index (χ2v) is 3.94. The molecule has 0 atom stereocenters. The van der Waals surface area contributed by atoms with Gasteiger partial charge in [0.2, 0.25) is 5.91 Å². The zero-order valence-corrected chi connectivity index (χ0v) is 9.45. The summed E-state index contributed by atoms with van der Waals surface area (Å²) in [7, 11) is 0. The predicted molar refractivity (Wildman–Crippen MR) is 57.5 cm³/mol. The largest absolute Gasteiger partial charge is 0.395 e. The van der Waals surface area contributed by atoms with Crippen molar-refractivity contribution in [3.63, 3.8) is 0 Å². The second kappa shape index (κ2) is 6.80. The molecule has 0 aromatic carbocycles. The first kappa shape index (κ1) is 12.5. The third-order valence-corrected chi connectivity index (χ3v) is 2.75. The van der Waals surface area contributed by atoms with E-state index >= 15 is 0 Å². The number of carbonyl (C=O) groups is 1. The van der Waals surface area contributed by atoms with Crippen LogP contribution in [0.4, 0.5) is 0 Å². The van der Waals surface area contributed by atoms with E-state index < -0.39 is 0 Å². The smallest absolute Gasteiger partial charge is 0.225 e. The minimum atomic E-state index is 0.0506. The lowest BCUT2D eigenvalue weighted by atomic mass is 9.98. The third-order valence-electron chi connectivity index (χ3n) is 2.75. The molecule has 0 radical (unpaired) electrons. The Hall–Kier alpha value is -0.610. The van der Waals surface area contributed by atoms with E-state index in [1.54, 1.807) is 4.90 Å². The molecule has 0 aromatic rings. The van der Waals surface area contributed by atoms with Crippen LogP contribution >= 0.6 is 0 Å². The maximum atomic E-state index is 12.0. The molecule has 88 valence electrons. The van der Waals surface area contributed by atoms with Crippen LogP contribution in [-0.2, 0) is 9.53 Å². The lowest BCUT2D eigenvalue weighted by Gasteiger charge is -2.28. The molecule has 1 aliphatic rings. The van der Waals surface area contributed by atoms with Crippen LogP contribution in [-0.4, -0.2) is 48.8 Å². The van der Waals surface area contributed by atoms with Crippen molar-refractivity contribution in [3.05, 3.63) is 0 Å². The van der Waals surface area contributed by atoms with E-state index in [1.165, 1.54) is 0 Å². The number of nitrogens with zero attached hydrogens (tertiary/aromatic N) is 1. The van der Waals surface area contributed by atoms with E-state index in [4.69, 9.17) is 9.84 Å². The highest BCUT2D eigenvalue weighted by Gasteiger charge is 2.25. The van der Waals surface area contributed by atoms with Crippen molar-refractivity contribution in [3.8, 4) is 0 Å². The van der Waals surface area contributed by atoms with Crippen molar-refractivity contribution < 1.29 is 14.6 Å². The molecule has 0 aliphatic carbocycles. The zero-order chi connectivity index (χ0) is 11.1. The van der Waals surface area contributed by atoms with Crippen molar-refractivity contribution in [1.82, 2.24) is 4.90 Å². The van der Waals surface area contributed by atoms with Crippen LogP contribution in [0.25, 0.3) is 0 Å². The van der Waals surface area contributed by atoms with Gasteiger partial charge in [-0.3, -0.25) is 4.79 Å². The predicted octanol–water partition coefficient (Wildman–Crippen LogP) is 0.644. The van der Waals surface area contributed by atoms with E-state index in [1.807, 2.05) is 6.92 Å². The van der Waals surface area contributed by atoms with Gasteiger partial charge in [-0.05, 0) is 19.3 Å². The van der Waals surface area contributed by atoms with Gasteiger partial charge in [-0.25, -0.2) is 0 Å². The summed E-state index contributed by atoms with van der Waals surface area (Å²) in [5.74, 6) is 0.297. The first-order valence-electron chi connectivity index (χ1n) is 5.77. The normalized spacial score (nSPS) is 17.7. The summed E-state index contributed by atoms with van der Waals surface area (Å²) in [5.41, 5.74) is 0. The molecule has 1 amide bonds. The summed E-state index contributed by atoms with van der Waals surface area (Å²) in [5, 5.41) is 8.89. The summed E-state index contributed by atoms with van der Waals surface area (Å²) in [4.78, 5) is 13.8. The van der Waals surface area contributed by atoms with Gasteiger partial charge < -0.3 is 14.7 Å². The molecule has 0 bridgehead atoms. The molecule has 0 saturated carbocycles. The van der Waals surface area contributed by atoms with Crippen molar-refractivity contribution in [2.75, 3.05) is 32.9 Å². The summed E-state index contributed by atoms with van der Waals surface area (Å²) in [6.45, 7) is 4.68. The van der Waals surface area contributed by atoms with E-state index in [0.29, 0.717) is 19.8 Å².